The second kappa shape index (κ2) is 7.66. The maximum Gasteiger partial charge on any atom is 0.260 e. The highest BCUT2D eigenvalue weighted by Crippen LogP contribution is 2.18. The number of halogens is 1. The summed E-state index contributed by atoms with van der Waals surface area (Å²) >= 11 is 3.10. The number of hydrogen-bond donors (Lipinski definition) is 2. The molecule has 1 fully saturated rings. The maximum absolute atomic E-state index is 12.2. The van der Waals surface area contributed by atoms with Gasteiger partial charge in [0, 0.05) is 26.2 Å². The molecule has 0 saturated heterocycles. The van der Waals surface area contributed by atoms with Gasteiger partial charge in [-0.05, 0) is 28.8 Å². The standard InChI is InChI=1S/C12H22BrN5O2S/c1-18-12(11(13)16-17-18)21(19,20)15-9-8-14-10-6-4-2-3-5-7-10/h10,14-15H,2-9H2,1H3. The number of aromatic nitrogens is 3. The highest BCUT2D eigenvalue weighted by Gasteiger charge is 2.23. The van der Waals surface area contributed by atoms with Gasteiger partial charge in [0.1, 0.15) is 0 Å². The summed E-state index contributed by atoms with van der Waals surface area (Å²) in [6, 6.07) is 0.516. The Balaban J connectivity index is 1.80. The predicted molar refractivity (Wildman–Crippen MR) is 83.4 cm³/mol. The average Bonchev–Trinajstić information content (AvgIpc) is 2.66. The first-order valence-electron chi connectivity index (χ1n) is 7.29. The maximum atomic E-state index is 12.2. The highest BCUT2D eigenvalue weighted by atomic mass is 79.9. The van der Waals surface area contributed by atoms with Crippen LogP contribution in [0.15, 0.2) is 9.63 Å². The molecule has 0 atom stereocenters. The summed E-state index contributed by atoms with van der Waals surface area (Å²) in [4.78, 5) is 0. The Morgan fingerprint density at radius 3 is 2.48 bits per heavy atom. The first-order valence-corrected chi connectivity index (χ1v) is 9.56. The van der Waals surface area contributed by atoms with Crippen molar-refractivity contribution in [1.82, 2.24) is 25.0 Å². The fourth-order valence-electron chi connectivity index (χ4n) is 2.62. The van der Waals surface area contributed by atoms with Crippen molar-refractivity contribution in [1.29, 1.82) is 0 Å². The Morgan fingerprint density at radius 2 is 1.90 bits per heavy atom. The number of rotatable bonds is 6. The number of nitrogens with zero attached hydrogens (tertiary/aromatic N) is 3. The van der Waals surface area contributed by atoms with Gasteiger partial charge in [-0.1, -0.05) is 30.9 Å². The van der Waals surface area contributed by atoms with Gasteiger partial charge in [0.2, 0.25) is 5.03 Å². The van der Waals surface area contributed by atoms with Crippen molar-refractivity contribution in [3.05, 3.63) is 4.60 Å². The summed E-state index contributed by atoms with van der Waals surface area (Å²) in [5.74, 6) is 0. The molecular formula is C12H22BrN5O2S. The predicted octanol–water partition coefficient (Wildman–Crippen LogP) is 1.17. The van der Waals surface area contributed by atoms with E-state index in [-0.39, 0.29) is 9.63 Å². The average molecular weight is 380 g/mol. The molecule has 2 rings (SSSR count). The monoisotopic (exact) mass is 379 g/mol. The van der Waals surface area contributed by atoms with Crippen molar-refractivity contribution in [3.8, 4) is 0 Å². The molecule has 0 bridgehead atoms. The van der Waals surface area contributed by atoms with E-state index in [9.17, 15) is 8.42 Å². The summed E-state index contributed by atoms with van der Waals surface area (Å²) in [5.41, 5.74) is 0. The largest absolute Gasteiger partial charge is 0.313 e. The van der Waals surface area contributed by atoms with Crippen molar-refractivity contribution in [2.75, 3.05) is 13.1 Å². The third kappa shape index (κ3) is 4.73. The van der Waals surface area contributed by atoms with Crippen LogP contribution in [0.1, 0.15) is 38.5 Å². The molecule has 0 amide bonds. The Hall–Kier alpha value is -0.510. The van der Waals surface area contributed by atoms with E-state index >= 15 is 0 Å². The van der Waals surface area contributed by atoms with Crippen LogP contribution in [0, 0.1) is 0 Å². The van der Waals surface area contributed by atoms with E-state index in [1.807, 2.05) is 0 Å². The second-order valence-electron chi connectivity index (χ2n) is 5.35. The quantitative estimate of drug-likeness (QED) is 0.571. The minimum atomic E-state index is -3.59. The van der Waals surface area contributed by atoms with Gasteiger partial charge in [-0.3, -0.25) is 0 Å². The molecule has 1 heterocycles. The van der Waals surface area contributed by atoms with Crippen molar-refractivity contribution in [3.63, 3.8) is 0 Å². The van der Waals surface area contributed by atoms with E-state index in [0.29, 0.717) is 19.1 Å². The van der Waals surface area contributed by atoms with Gasteiger partial charge in [0.25, 0.3) is 10.0 Å². The lowest BCUT2D eigenvalue weighted by Crippen LogP contribution is -2.37. The van der Waals surface area contributed by atoms with Crippen LogP contribution in [0.3, 0.4) is 0 Å². The fourth-order valence-corrected chi connectivity index (χ4v) is 4.74. The lowest BCUT2D eigenvalue weighted by Gasteiger charge is -2.16. The lowest BCUT2D eigenvalue weighted by molar-refractivity contribution is 0.461. The van der Waals surface area contributed by atoms with Crippen LogP contribution >= 0.6 is 15.9 Å². The molecule has 0 radical (unpaired) electrons. The molecule has 0 unspecified atom stereocenters. The summed E-state index contributed by atoms with van der Waals surface area (Å²) < 4.78 is 28.4. The van der Waals surface area contributed by atoms with Crippen molar-refractivity contribution < 1.29 is 8.42 Å². The molecule has 1 aromatic rings. The number of nitrogens with one attached hydrogen (secondary N) is 2. The number of aryl methyl sites for hydroxylation is 1. The lowest BCUT2D eigenvalue weighted by atomic mass is 10.1. The molecule has 0 spiro atoms. The van der Waals surface area contributed by atoms with E-state index < -0.39 is 10.0 Å². The van der Waals surface area contributed by atoms with Gasteiger partial charge in [0.05, 0.1) is 0 Å². The molecule has 1 aliphatic rings. The first kappa shape index (κ1) is 16.9. The van der Waals surface area contributed by atoms with Gasteiger partial charge in [-0.2, -0.15) is 0 Å². The molecule has 1 aromatic heterocycles. The third-order valence-corrected chi connectivity index (χ3v) is 6.04. The summed E-state index contributed by atoms with van der Waals surface area (Å²) in [6.07, 6.45) is 7.51. The van der Waals surface area contributed by atoms with Gasteiger partial charge in [0.15, 0.2) is 4.60 Å². The number of sulfonamides is 1. The van der Waals surface area contributed by atoms with E-state index in [0.717, 1.165) is 0 Å². The van der Waals surface area contributed by atoms with Crippen LogP contribution in [0.25, 0.3) is 0 Å². The molecule has 1 saturated carbocycles. The van der Waals surface area contributed by atoms with E-state index in [1.165, 1.54) is 43.2 Å². The second-order valence-corrected chi connectivity index (χ2v) is 7.78. The van der Waals surface area contributed by atoms with Gasteiger partial charge in [-0.15, -0.1) is 5.10 Å². The zero-order chi connectivity index (χ0) is 15.3. The molecule has 21 heavy (non-hydrogen) atoms. The third-order valence-electron chi connectivity index (χ3n) is 3.70. The summed E-state index contributed by atoms with van der Waals surface area (Å²) in [7, 11) is -2.04. The molecule has 0 aliphatic heterocycles. The zero-order valence-corrected chi connectivity index (χ0v) is 14.6. The molecule has 9 heteroatoms. The Morgan fingerprint density at radius 1 is 1.24 bits per heavy atom. The van der Waals surface area contributed by atoms with Crippen LogP contribution in [0.2, 0.25) is 0 Å². The molecule has 2 N–H and O–H groups in total. The van der Waals surface area contributed by atoms with Crippen LogP contribution in [0.5, 0.6) is 0 Å². The fraction of sp³-hybridized carbons (Fsp3) is 0.833. The van der Waals surface area contributed by atoms with Crippen molar-refractivity contribution >= 4 is 26.0 Å². The van der Waals surface area contributed by atoms with Crippen LogP contribution < -0.4 is 10.0 Å². The van der Waals surface area contributed by atoms with E-state index in [1.54, 1.807) is 7.05 Å². The Kier molecular flexibility index (Phi) is 6.15. The Bertz CT molecular complexity index is 532. The molecule has 7 nitrogen and oxygen atoms in total. The topological polar surface area (TPSA) is 88.9 Å². The highest BCUT2D eigenvalue weighted by molar-refractivity contribution is 9.10. The van der Waals surface area contributed by atoms with Crippen LogP contribution in [0.4, 0.5) is 0 Å². The molecule has 120 valence electrons. The smallest absolute Gasteiger partial charge is 0.260 e. The molecule has 1 aliphatic carbocycles. The van der Waals surface area contributed by atoms with Gasteiger partial charge in [-0.25, -0.2) is 17.8 Å². The summed E-state index contributed by atoms with van der Waals surface area (Å²) in [6.45, 7) is 0.989. The normalized spacial score (nSPS) is 17.8. The first-order chi connectivity index (χ1) is 10.0. The van der Waals surface area contributed by atoms with Crippen LogP contribution in [-0.2, 0) is 17.1 Å². The summed E-state index contributed by atoms with van der Waals surface area (Å²) in [5, 5.41) is 10.9. The van der Waals surface area contributed by atoms with Gasteiger partial charge < -0.3 is 5.32 Å². The molecule has 0 aromatic carbocycles. The minimum absolute atomic E-state index is 0.0527. The number of hydrogen-bond acceptors (Lipinski definition) is 5. The molecular weight excluding hydrogens is 358 g/mol. The van der Waals surface area contributed by atoms with E-state index in [4.69, 9.17) is 0 Å². The minimum Gasteiger partial charge on any atom is -0.313 e. The SMILES string of the molecule is Cn1nnc(Br)c1S(=O)(=O)NCCNC1CCCCCC1. The van der Waals surface area contributed by atoms with Gasteiger partial charge >= 0.3 is 0 Å². The van der Waals surface area contributed by atoms with E-state index in [2.05, 4.69) is 36.3 Å². The van der Waals surface area contributed by atoms with Crippen molar-refractivity contribution in [2.45, 2.75) is 49.6 Å². The van der Waals surface area contributed by atoms with Crippen LogP contribution in [-0.4, -0.2) is 42.5 Å². The zero-order valence-electron chi connectivity index (χ0n) is 12.2. The van der Waals surface area contributed by atoms with Crippen molar-refractivity contribution in [2.24, 2.45) is 7.05 Å². The Labute approximate surface area is 134 Å².